The predicted octanol–water partition coefficient (Wildman–Crippen LogP) is 2.03. The van der Waals surface area contributed by atoms with Gasteiger partial charge in [-0.3, -0.25) is 4.79 Å². The Bertz CT molecular complexity index is 380. The Hall–Kier alpha value is -1.35. The Morgan fingerprint density at radius 3 is 2.41 bits per heavy atom. The van der Waals surface area contributed by atoms with Crippen LogP contribution in [-0.4, -0.2) is 36.1 Å². The average Bonchev–Trinajstić information content (AvgIpc) is 2.33. The molecule has 3 nitrogen and oxygen atoms in total. The van der Waals surface area contributed by atoms with Gasteiger partial charge >= 0.3 is 5.97 Å². The van der Waals surface area contributed by atoms with Gasteiger partial charge in [0.1, 0.15) is 0 Å². The third-order valence-electron chi connectivity index (χ3n) is 3.78. The highest BCUT2D eigenvalue weighted by Gasteiger charge is 2.40. The first-order valence-electron chi connectivity index (χ1n) is 6.08. The van der Waals surface area contributed by atoms with E-state index in [1.807, 2.05) is 37.4 Å². The van der Waals surface area contributed by atoms with Crippen molar-refractivity contribution in [1.29, 1.82) is 0 Å². The fraction of sp³-hybridized carbons (Fsp3) is 0.500. The summed E-state index contributed by atoms with van der Waals surface area (Å²) < 4.78 is 0. The summed E-state index contributed by atoms with van der Waals surface area (Å²) in [5, 5.41) is 9.52. The summed E-state index contributed by atoms with van der Waals surface area (Å²) in [4.78, 5) is 13.8. The lowest BCUT2D eigenvalue weighted by Crippen LogP contribution is -2.44. The first-order chi connectivity index (χ1) is 8.12. The zero-order chi connectivity index (χ0) is 12.3. The van der Waals surface area contributed by atoms with Crippen LogP contribution in [0, 0.1) is 5.41 Å². The van der Waals surface area contributed by atoms with Gasteiger partial charge in [0.2, 0.25) is 0 Å². The highest BCUT2D eigenvalue weighted by atomic mass is 16.4. The lowest BCUT2D eigenvalue weighted by atomic mass is 9.74. The van der Waals surface area contributed by atoms with E-state index in [0.717, 1.165) is 31.5 Å². The van der Waals surface area contributed by atoms with E-state index in [0.29, 0.717) is 6.42 Å². The summed E-state index contributed by atoms with van der Waals surface area (Å²) in [5.74, 6) is -0.644. The second-order valence-corrected chi connectivity index (χ2v) is 5.05. The predicted molar refractivity (Wildman–Crippen MR) is 66.9 cm³/mol. The van der Waals surface area contributed by atoms with E-state index >= 15 is 0 Å². The molecule has 0 bridgehead atoms. The molecule has 0 aromatic heterocycles. The molecule has 92 valence electrons. The monoisotopic (exact) mass is 233 g/mol. The number of carboxylic acid groups (broad SMARTS) is 1. The van der Waals surface area contributed by atoms with Gasteiger partial charge in [-0.05, 0) is 45.0 Å². The Morgan fingerprint density at radius 2 is 1.88 bits per heavy atom. The molecule has 17 heavy (non-hydrogen) atoms. The Labute approximate surface area is 102 Å². The van der Waals surface area contributed by atoms with Crippen molar-refractivity contribution in [2.24, 2.45) is 5.41 Å². The van der Waals surface area contributed by atoms with Gasteiger partial charge < -0.3 is 10.0 Å². The van der Waals surface area contributed by atoms with Crippen LogP contribution in [-0.2, 0) is 11.2 Å². The number of hydrogen-bond acceptors (Lipinski definition) is 2. The van der Waals surface area contributed by atoms with Crippen molar-refractivity contribution in [1.82, 2.24) is 4.90 Å². The number of rotatable bonds is 3. The zero-order valence-electron chi connectivity index (χ0n) is 10.2. The second kappa shape index (κ2) is 4.88. The summed E-state index contributed by atoms with van der Waals surface area (Å²) in [6.07, 6.45) is 2.14. The normalized spacial score (nSPS) is 20.1. The van der Waals surface area contributed by atoms with Crippen LogP contribution in [0.1, 0.15) is 18.4 Å². The maximum atomic E-state index is 11.6. The molecule has 1 N–H and O–H groups in total. The summed E-state index contributed by atoms with van der Waals surface area (Å²) >= 11 is 0. The van der Waals surface area contributed by atoms with Crippen LogP contribution in [0.4, 0.5) is 0 Å². The molecule has 0 atom stereocenters. The van der Waals surface area contributed by atoms with Gasteiger partial charge in [-0.1, -0.05) is 30.3 Å². The number of carboxylic acids is 1. The molecule has 1 aromatic rings. The lowest BCUT2D eigenvalue weighted by Gasteiger charge is -2.37. The summed E-state index contributed by atoms with van der Waals surface area (Å²) in [6, 6.07) is 9.94. The fourth-order valence-corrected chi connectivity index (χ4v) is 2.50. The van der Waals surface area contributed by atoms with Gasteiger partial charge in [-0.15, -0.1) is 0 Å². The molecule has 3 heteroatoms. The largest absolute Gasteiger partial charge is 0.481 e. The van der Waals surface area contributed by atoms with Gasteiger partial charge in [0.15, 0.2) is 0 Å². The fourth-order valence-electron chi connectivity index (χ4n) is 2.50. The van der Waals surface area contributed by atoms with E-state index in [-0.39, 0.29) is 0 Å². The number of piperidine rings is 1. The van der Waals surface area contributed by atoms with Crippen LogP contribution in [0.3, 0.4) is 0 Å². The molecule has 1 fully saturated rings. The van der Waals surface area contributed by atoms with E-state index in [1.165, 1.54) is 0 Å². The molecule has 1 aliphatic rings. The molecule has 1 saturated heterocycles. The average molecular weight is 233 g/mol. The molecular formula is C14H19NO2. The number of aliphatic carboxylic acids is 1. The first kappa shape index (κ1) is 12.1. The molecule has 0 aliphatic carbocycles. The highest BCUT2D eigenvalue weighted by molar-refractivity contribution is 5.75. The van der Waals surface area contributed by atoms with E-state index in [4.69, 9.17) is 0 Å². The van der Waals surface area contributed by atoms with E-state index < -0.39 is 11.4 Å². The lowest BCUT2D eigenvalue weighted by molar-refractivity contribution is -0.151. The molecule has 1 aliphatic heterocycles. The SMILES string of the molecule is CN1CCC(Cc2ccccc2)(C(=O)O)CC1. The van der Waals surface area contributed by atoms with Gasteiger partial charge in [0.05, 0.1) is 5.41 Å². The number of nitrogens with zero attached hydrogens (tertiary/aromatic N) is 1. The molecule has 0 saturated carbocycles. The van der Waals surface area contributed by atoms with Crippen molar-refractivity contribution in [3.63, 3.8) is 0 Å². The summed E-state index contributed by atoms with van der Waals surface area (Å²) in [6.45, 7) is 1.75. The van der Waals surface area contributed by atoms with Crippen molar-refractivity contribution < 1.29 is 9.90 Å². The number of likely N-dealkylation sites (tertiary alicyclic amines) is 1. The van der Waals surface area contributed by atoms with Gasteiger partial charge in [-0.2, -0.15) is 0 Å². The standard InChI is InChI=1S/C14H19NO2/c1-15-9-7-14(8-10-15,13(16)17)11-12-5-3-2-4-6-12/h2-6H,7-11H2,1H3,(H,16,17). The van der Waals surface area contributed by atoms with Crippen molar-refractivity contribution in [2.45, 2.75) is 19.3 Å². The van der Waals surface area contributed by atoms with Crippen LogP contribution in [0.5, 0.6) is 0 Å². The zero-order valence-corrected chi connectivity index (χ0v) is 10.2. The molecule has 1 heterocycles. The maximum Gasteiger partial charge on any atom is 0.310 e. The van der Waals surface area contributed by atoms with Crippen LogP contribution in [0.15, 0.2) is 30.3 Å². The van der Waals surface area contributed by atoms with Crippen LogP contribution in [0.2, 0.25) is 0 Å². The highest BCUT2D eigenvalue weighted by Crippen LogP contribution is 2.35. The van der Waals surface area contributed by atoms with Crippen LogP contribution >= 0.6 is 0 Å². The van der Waals surface area contributed by atoms with Crippen molar-refractivity contribution in [3.05, 3.63) is 35.9 Å². The first-order valence-corrected chi connectivity index (χ1v) is 6.08. The summed E-state index contributed by atoms with van der Waals surface area (Å²) in [7, 11) is 2.05. The minimum Gasteiger partial charge on any atom is -0.481 e. The van der Waals surface area contributed by atoms with Gasteiger partial charge in [0, 0.05) is 0 Å². The maximum absolute atomic E-state index is 11.6. The van der Waals surface area contributed by atoms with Gasteiger partial charge in [0.25, 0.3) is 0 Å². The van der Waals surface area contributed by atoms with Crippen molar-refractivity contribution in [3.8, 4) is 0 Å². The quantitative estimate of drug-likeness (QED) is 0.868. The smallest absolute Gasteiger partial charge is 0.310 e. The summed E-state index contributed by atoms with van der Waals surface area (Å²) in [5.41, 5.74) is 0.563. The minimum absolute atomic E-state index is 0.562. The Kier molecular flexibility index (Phi) is 3.48. The molecule has 2 rings (SSSR count). The Balaban J connectivity index is 2.15. The number of hydrogen-bond donors (Lipinski definition) is 1. The van der Waals surface area contributed by atoms with Crippen molar-refractivity contribution in [2.75, 3.05) is 20.1 Å². The van der Waals surface area contributed by atoms with Gasteiger partial charge in [-0.25, -0.2) is 0 Å². The van der Waals surface area contributed by atoms with Crippen LogP contribution < -0.4 is 0 Å². The molecule has 0 radical (unpaired) electrons. The minimum atomic E-state index is -0.644. The van der Waals surface area contributed by atoms with Crippen molar-refractivity contribution >= 4 is 5.97 Å². The third-order valence-corrected chi connectivity index (χ3v) is 3.78. The topological polar surface area (TPSA) is 40.5 Å². The second-order valence-electron chi connectivity index (χ2n) is 5.05. The third kappa shape index (κ3) is 2.67. The number of benzene rings is 1. The molecule has 0 unspecified atom stereocenters. The molecule has 0 amide bonds. The van der Waals surface area contributed by atoms with E-state index in [2.05, 4.69) is 4.90 Å². The van der Waals surface area contributed by atoms with E-state index in [9.17, 15) is 9.90 Å². The van der Waals surface area contributed by atoms with Crippen LogP contribution in [0.25, 0.3) is 0 Å². The number of carbonyl (C=O) groups is 1. The molecule has 0 spiro atoms. The van der Waals surface area contributed by atoms with E-state index in [1.54, 1.807) is 0 Å². The Morgan fingerprint density at radius 1 is 1.29 bits per heavy atom. The molecule has 1 aromatic carbocycles. The molecular weight excluding hydrogens is 214 g/mol.